The Morgan fingerprint density at radius 2 is 2.07 bits per heavy atom. The lowest BCUT2D eigenvalue weighted by Gasteiger charge is -2.37. The first-order valence-corrected chi connectivity index (χ1v) is 9.47. The number of carbonyl (C=O) groups is 2. The number of halogens is 1. The number of benzene rings is 1. The van der Waals surface area contributed by atoms with Gasteiger partial charge in [-0.1, -0.05) is 31.5 Å². The minimum Gasteiger partial charge on any atom is -0.481 e. The number of nitrogens with zero attached hydrogens (tertiary/aromatic N) is 3. The first-order valence-electron chi connectivity index (χ1n) is 9.09. The molecule has 7 heteroatoms. The Bertz CT molecular complexity index is 877. The molecule has 27 heavy (non-hydrogen) atoms. The Balaban J connectivity index is 1.97. The van der Waals surface area contributed by atoms with Crippen molar-refractivity contribution in [1.82, 2.24) is 14.7 Å². The molecule has 1 N–H and O–H groups in total. The molecule has 0 saturated carbocycles. The number of piperidine rings is 1. The largest absolute Gasteiger partial charge is 0.481 e. The van der Waals surface area contributed by atoms with Crippen molar-refractivity contribution in [2.24, 2.45) is 5.41 Å². The van der Waals surface area contributed by atoms with Gasteiger partial charge in [0.25, 0.3) is 5.91 Å². The summed E-state index contributed by atoms with van der Waals surface area (Å²) in [5, 5.41) is 14.5. The second-order valence-corrected chi connectivity index (χ2v) is 8.12. The molecule has 1 aliphatic heterocycles. The smallest absolute Gasteiger partial charge is 0.311 e. The van der Waals surface area contributed by atoms with Crippen molar-refractivity contribution in [2.45, 2.75) is 39.5 Å². The third kappa shape index (κ3) is 3.72. The second kappa shape index (κ2) is 7.35. The van der Waals surface area contributed by atoms with Gasteiger partial charge < -0.3 is 10.0 Å². The average Bonchev–Trinajstić information content (AvgIpc) is 3.06. The molecule has 0 aliphatic carbocycles. The first kappa shape index (κ1) is 19.4. The van der Waals surface area contributed by atoms with E-state index in [1.807, 2.05) is 26.0 Å². The number of carboxylic acid groups (broad SMARTS) is 1. The van der Waals surface area contributed by atoms with Crippen molar-refractivity contribution in [3.05, 3.63) is 46.7 Å². The molecule has 3 rings (SSSR count). The predicted molar refractivity (Wildman–Crippen MR) is 104 cm³/mol. The van der Waals surface area contributed by atoms with Gasteiger partial charge in [-0.25, -0.2) is 4.68 Å². The van der Waals surface area contributed by atoms with Crippen LogP contribution in [0.25, 0.3) is 5.69 Å². The zero-order valence-electron chi connectivity index (χ0n) is 15.8. The maximum absolute atomic E-state index is 13.2. The molecule has 1 aliphatic rings. The summed E-state index contributed by atoms with van der Waals surface area (Å²) in [5.41, 5.74) is 1.19. The molecular formula is C20H24ClN3O3. The van der Waals surface area contributed by atoms with Gasteiger partial charge in [0.15, 0.2) is 0 Å². The highest BCUT2D eigenvalue weighted by atomic mass is 35.5. The van der Waals surface area contributed by atoms with E-state index in [9.17, 15) is 14.7 Å². The van der Waals surface area contributed by atoms with Gasteiger partial charge in [0, 0.05) is 18.1 Å². The molecule has 1 atom stereocenters. The minimum absolute atomic E-state index is 0.0566. The maximum Gasteiger partial charge on any atom is 0.311 e. The third-order valence-corrected chi connectivity index (χ3v) is 5.37. The number of carbonyl (C=O) groups excluding carboxylic acids is 1. The molecule has 0 radical (unpaired) electrons. The van der Waals surface area contributed by atoms with E-state index in [0.717, 1.165) is 11.4 Å². The molecule has 1 aromatic heterocycles. The summed E-state index contributed by atoms with van der Waals surface area (Å²) >= 11 is 6.11. The van der Waals surface area contributed by atoms with E-state index in [1.54, 1.807) is 34.8 Å². The van der Waals surface area contributed by atoms with Crippen molar-refractivity contribution in [3.63, 3.8) is 0 Å². The summed E-state index contributed by atoms with van der Waals surface area (Å²) in [4.78, 5) is 26.5. The van der Waals surface area contributed by atoms with Crippen molar-refractivity contribution >= 4 is 23.5 Å². The van der Waals surface area contributed by atoms with Crippen LogP contribution in [0.5, 0.6) is 0 Å². The normalized spacial score (nSPS) is 20.1. The van der Waals surface area contributed by atoms with Gasteiger partial charge >= 0.3 is 5.97 Å². The van der Waals surface area contributed by atoms with Crippen molar-refractivity contribution < 1.29 is 14.7 Å². The number of likely N-dealkylation sites (tertiary alicyclic amines) is 1. The average molecular weight is 390 g/mol. The van der Waals surface area contributed by atoms with Gasteiger partial charge in [-0.15, -0.1) is 0 Å². The van der Waals surface area contributed by atoms with Gasteiger partial charge in [0.1, 0.15) is 0 Å². The lowest BCUT2D eigenvalue weighted by atomic mass is 9.82. The van der Waals surface area contributed by atoms with Crippen LogP contribution in [-0.2, 0) is 4.79 Å². The molecule has 144 valence electrons. The summed E-state index contributed by atoms with van der Waals surface area (Å²) in [6, 6.07) is 7.32. The number of amides is 1. The Labute approximate surface area is 163 Å². The lowest BCUT2D eigenvalue weighted by molar-refractivity contribution is -0.150. The topological polar surface area (TPSA) is 75.4 Å². The van der Waals surface area contributed by atoms with Crippen molar-refractivity contribution in [2.75, 3.05) is 13.1 Å². The van der Waals surface area contributed by atoms with E-state index in [0.29, 0.717) is 30.0 Å². The van der Waals surface area contributed by atoms with E-state index < -0.39 is 11.4 Å². The van der Waals surface area contributed by atoms with Crippen LogP contribution in [0, 0.1) is 5.41 Å². The van der Waals surface area contributed by atoms with Gasteiger partial charge in [0.05, 0.1) is 28.6 Å². The molecular weight excluding hydrogens is 366 g/mol. The lowest BCUT2D eigenvalue weighted by Crippen LogP contribution is -2.48. The summed E-state index contributed by atoms with van der Waals surface area (Å²) in [7, 11) is 0. The SMILES string of the molecule is CC(C)c1c(C(=O)N2CCCC(C)(C(=O)O)C2)cnn1-c1cccc(Cl)c1. The number of aliphatic carboxylic acids is 1. The third-order valence-electron chi connectivity index (χ3n) is 5.14. The molecule has 0 bridgehead atoms. The molecule has 1 amide bonds. The highest BCUT2D eigenvalue weighted by Gasteiger charge is 2.40. The van der Waals surface area contributed by atoms with Crippen molar-refractivity contribution in [1.29, 1.82) is 0 Å². The number of aromatic nitrogens is 2. The summed E-state index contributed by atoms with van der Waals surface area (Å²) in [5.74, 6) is -0.973. The number of rotatable bonds is 4. The van der Waals surface area contributed by atoms with E-state index in [2.05, 4.69) is 5.10 Å². The molecule has 2 heterocycles. The van der Waals surface area contributed by atoms with Crippen LogP contribution in [0.2, 0.25) is 5.02 Å². The first-order chi connectivity index (χ1) is 12.7. The van der Waals surface area contributed by atoms with Crippen LogP contribution in [0.1, 0.15) is 55.6 Å². The van der Waals surface area contributed by atoms with Crippen LogP contribution < -0.4 is 0 Å². The Morgan fingerprint density at radius 1 is 1.33 bits per heavy atom. The summed E-state index contributed by atoms with van der Waals surface area (Å²) in [6.07, 6.45) is 2.82. The van der Waals surface area contributed by atoms with Gasteiger partial charge in [-0.3, -0.25) is 9.59 Å². The highest BCUT2D eigenvalue weighted by molar-refractivity contribution is 6.30. The fourth-order valence-corrected chi connectivity index (χ4v) is 3.83. The fraction of sp³-hybridized carbons (Fsp3) is 0.450. The Morgan fingerprint density at radius 3 is 2.70 bits per heavy atom. The molecule has 1 unspecified atom stereocenters. The van der Waals surface area contributed by atoms with Crippen LogP contribution in [0.15, 0.2) is 30.5 Å². The molecule has 1 aromatic carbocycles. The molecule has 2 aromatic rings. The van der Waals surface area contributed by atoms with Crippen molar-refractivity contribution in [3.8, 4) is 5.69 Å². The van der Waals surface area contributed by atoms with E-state index in [1.165, 1.54) is 0 Å². The van der Waals surface area contributed by atoms with Crippen LogP contribution in [0.4, 0.5) is 0 Å². The van der Waals surface area contributed by atoms with Crippen LogP contribution in [0.3, 0.4) is 0 Å². The quantitative estimate of drug-likeness (QED) is 0.858. The van der Waals surface area contributed by atoms with E-state index in [-0.39, 0.29) is 18.4 Å². The monoisotopic (exact) mass is 389 g/mol. The molecule has 1 fully saturated rings. The van der Waals surface area contributed by atoms with E-state index in [4.69, 9.17) is 11.6 Å². The zero-order valence-corrected chi connectivity index (χ0v) is 16.5. The molecule has 1 saturated heterocycles. The van der Waals surface area contributed by atoms with Gasteiger partial charge in [-0.05, 0) is 43.9 Å². The van der Waals surface area contributed by atoms with Gasteiger partial charge in [-0.2, -0.15) is 5.10 Å². The van der Waals surface area contributed by atoms with Crippen LogP contribution >= 0.6 is 11.6 Å². The fourth-order valence-electron chi connectivity index (χ4n) is 3.65. The number of hydrogen-bond donors (Lipinski definition) is 1. The maximum atomic E-state index is 13.2. The molecule has 0 spiro atoms. The van der Waals surface area contributed by atoms with Gasteiger partial charge in [0.2, 0.25) is 0 Å². The summed E-state index contributed by atoms with van der Waals surface area (Å²) < 4.78 is 1.74. The standard InChI is InChI=1S/C20H24ClN3O3/c1-13(2)17-16(11-22-24(17)15-7-4-6-14(21)10-15)18(25)23-9-5-8-20(3,12-23)19(26)27/h4,6-7,10-11,13H,5,8-9,12H2,1-3H3,(H,26,27). The predicted octanol–water partition coefficient (Wildman–Crippen LogP) is 3.98. The minimum atomic E-state index is -0.908. The second-order valence-electron chi connectivity index (χ2n) is 7.69. The van der Waals surface area contributed by atoms with Crippen LogP contribution in [-0.4, -0.2) is 44.8 Å². The summed E-state index contributed by atoms with van der Waals surface area (Å²) in [6.45, 7) is 6.48. The Hall–Kier alpha value is -2.34. The highest BCUT2D eigenvalue weighted by Crippen LogP contribution is 2.32. The number of hydrogen-bond acceptors (Lipinski definition) is 3. The van der Waals surface area contributed by atoms with E-state index >= 15 is 0 Å². The zero-order chi connectivity index (χ0) is 19.8. The molecule has 6 nitrogen and oxygen atoms in total. The Kier molecular flexibility index (Phi) is 5.29. The number of carboxylic acids is 1.